The van der Waals surface area contributed by atoms with Gasteiger partial charge in [0.2, 0.25) is 0 Å². The molecule has 0 heterocycles. The van der Waals surface area contributed by atoms with Crippen LogP contribution in [0.15, 0.2) is 0 Å². The van der Waals surface area contributed by atoms with Crippen LogP contribution in [0.5, 0.6) is 0 Å². The lowest BCUT2D eigenvalue weighted by molar-refractivity contribution is 0.284. The summed E-state index contributed by atoms with van der Waals surface area (Å²) in [6.07, 6.45) is 3.25. The first-order chi connectivity index (χ1) is 3.77. The summed E-state index contributed by atoms with van der Waals surface area (Å²) in [5.74, 6) is 1.46. The average Bonchev–Trinajstić information content (AvgIpc) is 1.66. The molecular weight excluding hydrogens is 100 g/mol. The second-order valence-corrected chi connectivity index (χ2v) is 2.39. The fourth-order valence-electron chi connectivity index (χ4n) is 0.590. The molecule has 0 aromatic carbocycles. The molecule has 0 amide bonds. The van der Waals surface area contributed by atoms with Gasteiger partial charge in [-0.2, -0.15) is 0 Å². The van der Waals surface area contributed by atoms with E-state index in [9.17, 15) is 0 Å². The van der Waals surface area contributed by atoms with E-state index in [1.807, 2.05) is 0 Å². The largest absolute Gasteiger partial charge is 0.396 e. The van der Waals surface area contributed by atoms with Gasteiger partial charge in [-0.3, -0.25) is 0 Å². The van der Waals surface area contributed by atoms with Crippen LogP contribution in [0.25, 0.3) is 0 Å². The molecule has 8 heavy (non-hydrogen) atoms. The molecule has 1 heteroatoms. The Bertz CT molecular complexity index is 41.7. The lowest BCUT2D eigenvalue weighted by Gasteiger charge is -1.99. The van der Waals surface area contributed by atoms with Gasteiger partial charge in [0.25, 0.3) is 0 Å². The highest BCUT2D eigenvalue weighted by atomic mass is 16.2. The van der Waals surface area contributed by atoms with Crippen molar-refractivity contribution >= 4 is 0 Å². The van der Waals surface area contributed by atoms with Crippen molar-refractivity contribution in [1.29, 1.82) is 0 Å². The van der Waals surface area contributed by atoms with Gasteiger partial charge >= 0.3 is 0 Å². The number of hydrogen-bond acceptors (Lipinski definition) is 1. The van der Waals surface area contributed by atoms with Gasteiger partial charge in [0, 0.05) is 6.61 Å². The zero-order valence-corrected chi connectivity index (χ0v) is 5.78. The smallest absolute Gasteiger partial charge is 0.0431 e. The molecule has 0 aliphatic carbocycles. The topological polar surface area (TPSA) is 20.2 Å². The van der Waals surface area contributed by atoms with Gasteiger partial charge in [-0.1, -0.05) is 20.3 Å². The van der Waals surface area contributed by atoms with E-state index in [1.165, 1.54) is 12.3 Å². The van der Waals surface area contributed by atoms with E-state index in [0.717, 1.165) is 12.8 Å². The molecule has 0 unspecified atom stereocenters. The SMILES string of the molecule is C[C](C)CCCCO. The fourth-order valence-corrected chi connectivity index (χ4v) is 0.590. The number of rotatable bonds is 4. The van der Waals surface area contributed by atoms with Gasteiger partial charge in [0.1, 0.15) is 0 Å². The van der Waals surface area contributed by atoms with Crippen LogP contribution in [0.2, 0.25) is 0 Å². The summed E-state index contributed by atoms with van der Waals surface area (Å²) < 4.78 is 0. The second kappa shape index (κ2) is 5.10. The lowest BCUT2D eigenvalue weighted by atomic mass is 10.1. The molecule has 0 fully saturated rings. The van der Waals surface area contributed by atoms with Gasteiger partial charge in [-0.15, -0.1) is 0 Å². The van der Waals surface area contributed by atoms with E-state index < -0.39 is 0 Å². The highest BCUT2D eigenvalue weighted by molar-refractivity contribution is 4.75. The third kappa shape index (κ3) is 5.96. The molecule has 0 aromatic rings. The number of aliphatic hydroxyl groups is 1. The molecule has 0 aliphatic heterocycles. The lowest BCUT2D eigenvalue weighted by Crippen LogP contribution is -1.86. The van der Waals surface area contributed by atoms with Crippen LogP contribution >= 0.6 is 0 Å². The summed E-state index contributed by atoms with van der Waals surface area (Å²) in [4.78, 5) is 0. The molecule has 1 radical (unpaired) electrons. The average molecular weight is 115 g/mol. The Morgan fingerprint density at radius 3 is 2.25 bits per heavy atom. The van der Waals surface area contributed by atoms with Crippen LogP contribution in [0.1, 0.15) is 33.1 Å². The predicted octanol–water partition coefficient (Wildman–Crippen LogP) is 1.76. The molecule has 0 spiro atoms. The van der Waals surface area contributed by atoms with E-state index >= 15 is 0 Å². The van der Waals surface area contributed by atoms with E-state index in [2.05, 4.69) is 13.8 Å². The number of aliphatic hydroxyl groups excluding tert-OH is 1. The van der Waals surface area contributed by atoms with Crippen molar-refractivity contribution in [2.24, 2.45) is 0 Å². The summed E-state index contributed by atoms with van der Waals surface area (Å²) in [6.45, 7) is 4.59. The monoisotopic (exact) mass is 115 g/mol. The maximum atomic E-state index is 8.37. The Balaban J connectivity index is 2.72. The summed E-state index contributed by atoms with van der Waals surface area (Å²) >= 11 is 0. The first kappa shape index (κ1) is 7.96. The quantitative estimate of drug-likeness (QED) is 0.553. The van der Waals surface area contributed by atoms with Crippen LogP contribution in [0, 0.1) is 5.92 Å². The molecule has 0 saturated heterocycles. The Labute approximate surface area is 51.7 Å². The second-order valence-electron chi connectivity index (χ2n) is 2.39. The van der Waals surface area contributed by atoms with Gasteiger partial charge < -0.3 is 5.11 Å². The van der Waals surface area contributed by atoms with Gasteiger partial charge in [0.05, 0.1) is 0 Å². The van der Waals surface area contributed by atoms with E-state index in [1.54, 1.807) is 0 Å². The third-order valence-electron chi connectivity index (χ3n) is 1.08. The molecule has 0 saturated carbocycles. The third-order valence-corrected chi connectivity index (χ3v) is 1.08. The van der Waals surface area contributed by atoms with Crippen molar-refractivity contribution in [3.05, 3.63) is 5.92 Å². The van der Waals surface area contributed by atoms with Gasteiger partial charge in [-0.05, 0) is 18.8 Å². The van der Waals surface area contributed by atoms with E-state index in [4.69, 9.17) is 5.11 Å². The minimum Gasteiger partial charge on any atom is -0.396 e. The van der Waals surface area contributed by atoms with Crippen molar-refractivity contribution in [3.8, 4) is 0 Å². The van der Waals surface area contributed by atoms with Crippen LogP contribution < -0.4 is 0 Å². The molecule has 49 valence electrons. The summed E-state index contributed by atoms with van der Waals surface area (Å²) in [5.41, 5.74) is 0. The van der Waals surface area contributed by atoms with Gasteiger partial charge in [-0.25, -0.2) is 0 Å². The molecule has 0 rings (SSSR count). The van der Waals surface area contributed by atoms with Crippen molar-refractivity contribution in [1.82, 2.24) is 0 Å². The van der Waals surface area contributed by atoms with E-state index in [-0.39, 0.29) is 0 Å². The first-order valence-corrected chi connectivity index (χ1v) is 3.17. The predicted molar refractivity (Wildman–Crippen MR) is 35.5 cm³/mol. The normalized spacial score (nSPS) is 10.5. The molecule has 1 nitrogen and oxygen atoms in total. The molecule has 0 bridgehead atoms. The van der Waals surface area contributed by atoms with Crippen LogP contribution in [0.4, 0.5) is 0 Å². The zero-order chi connectivity index (χ0) is 6.41. The zero-order valence-electron chi connectivity index (χ0n) is 5.78. The van der Waals surface area contributed by atoms with Crippen LogP contribution in [-0.4, -0.2) is 11.7 Å². The number of hydrogen-bond donors (Lipinski definition) is 1. The van der Waals surface area contributed by atoms with Crippen molar-refractivity contribution in [3.63, 3.8) is 0 Å². The molecular formula is C7H15O. The minimum absolute atomic E-state index is 0.341. The minimum atomic E-state index is 0.341. The first-order valence-electron chi connectivity index (χ1n) is 3.17. The summed E-state index contributed by atoms with van der Waals surface area (Å²) in [5, 5.41) is 8.37. The van der Waals surface area contributed by atoms with Crippen molar-refractivity contribution in [2.75, 3.05) is 6.61 Å². The Kier molecular flexibility index (Phi) is 5.08. The maximum absolute atomic E-state index is 8.37. The molecule has 0 aliphatic rings. The Morgan fingerprint density at radius 1 is 1.25 bits per heavy atom. The van der Waals surface area contributed by atoms with Crippen LogP contribution in [0.3, 0.4) is 0 Å². The maximum Gasteiger partial charge on any atom is 0.0431 e. The summed E-state index contributed by atoms with van der Waals surface area (Å²) in [7, 11) is 0. The van der Waals surface area contributed by atoms with Crippen molar-refractivity contribution in [2.45, 2.75) is 33.1 Å². The van der Waals surface area contributed by atoms with Crippen molar-refractivity contribution < 1.29 is 5.11 Å². The fraction of sp³-hybridized carbons (Fsp3) is 0.857. The molecule has 1 N–H and O–H groups in total. The highest BCUT2D eigenvalue weighted by Crippen LogP contribution is 2.06. The highest BCUT2D eigenvalue weighted by Gasteiger charge is 1.91. The van der Waals surface area contributed by atoms with Crippen LogP contribution in [-0.2, 0) is 0 Å². The van der Waals surface area contributed by atoms with Gasteiger partial charge in [0.15, 0.2) is 0 Å². The molecule has 0 atom stereocenters. The standard InChI is InChI=1S/C7H15O/c1-7(2)5-3-4-6-8/h8H,3-6H2,1-2H3. The molecule has 0 aromatic heterocycles. The summed E-state index contributed by atoms with van der Waals surface area (Å²) in [6, 6.07) is 0. The Morgan fingerprint density at radius 2 is 1.88 bits per heavy atom. The Hall–Kier alpha value is -0.0400. The van der Waals surface area contributed by atoms with E-state index in [0.29, 0.717) is 6.61 Å². The number of unbranched alkanes of at least 4 members (excludes halogenated alkanes) is 1.